The minimum Gasteiger partial charge on any atom is -0.369 e. The third-order valence-electron chi connectivity index (χ3n) is 2.24. The first-order chi connectivity index (χ1) is 5.24. The molecule has 1 aliphatic rings. The molecule has 0 aromatic rings. The van der Waals surface area contributed by atoms with Crippen LogP contribution in [0.25, 0.3) is 0 Å². The van der Waals surface area contributed by atoms with Crippen LogP contribution in [0, 0.1) is 5.92 Å². The third-order valence-corrected chi connectivity index (χ3v) is 2.24. The van der Waals surface area contributed by atoms with Crippen molar-refractivity contribution in [1.29, 1.82) is 0 Å². The van der Waals surface area contributed by atoms with Gasteiger partial charge in [-0.1, -0.05) is 0 Å². The van der Waals surface area contributed by atoms with Crippen molar-refractivity contribution in [3.63, 3.8) is 0 Å². The van der Waals surface area contributed by atoms with Crippen LogP contribution in [-0.2, 0) is 4.79 Å². The molecule has 0 saturated heterocycles. The highest BCUT2D eigenvalue weighted by molar-refractivity contribution is 5.76. The smallest absolute Gasteiger partial charge is 0.220 e. The summed E-state index contributed by atoms with van der Waals surface area (Å²) < 4.78 is 0. The molecule has 0 aromatic heterocycles. The number of amides is 1. The van der Waals surface area contributed by atoms with Crippen molar-refractivity contribution >= 4 is 5.91 Å². The van der Waals surface area contributed by atoms with Gasteiger partial charge in [-0.25, -0.2) is 0 Å². The molecule has 4 nitrogen and oxygen atoms in total. The number of nitrogens with one attached hydrogen (secondary N) is 1. The standard InChI is InChI=1S/C7H15N3O/c8-4-10-6-2-1-5(3-6)7(9)11/h5-6,10H,1-4,8H2,(H2,9,11)/t5-,6?/m1/s1. The van der Waals surface area contributed by atoms with Crippen LogP contribution in [0.4, 0.5) is 0 Å². The SMILES string of the molecule is NCNC1CC[C@@H](C(N)=O)C1. The summed E-state index contributed by atoms with van der Waals surface area (Å²) in [4.78, 5) is 10.7. The Morgan fingerprint density at radius 1 is 1.55 bits per heavy atom. The molecule has 0 radical (unpaired) electrons. The molecular formula is C7H15N3O. The maximum Gasteiger partial charge on any atom is 0.220 e. The minimum atomic E-state index is -0.175. The second kappa shape index (κ2) is 3.69. The van der Waals surface area contributed by atoms with Gasteiger partial charge in [0, 0.05) is 18.6 Å². The molecule has 1 saturated carbocycles. The minimum absolute atomic E-state index is 0.0686. The van der Waals surface area contributed by atoms with Gasteiger partial charge in [-0.05, 0) is 19.3 Å². The molecule has 2 atom stereocenters. The summed E-state index contributed by atoms with van der Waals surface area (Å²) in [6.07, 6.45) is 2.78. The van der Waals surface area contributed by atoms with Gasteiger partial charge in [0.05, 0.1) is 0 Å². The Hall–Kier alpha value is -0.610. The van der Waals surface area contributed by atoms with Gasteiger partial charge in [-0.3, -0.25) is 4.79 Å². The number of carbonyl (C=O) groups is 1. The number of rotatable bonds is 3. The second-order valence-electron chi connectivity index (χ2n) is 3.02. The molecule has 1 rings (SSSR count). The third kappa shape index (κ3) is 2.17. The maximum absolute atomic E-state index is 10.7. The summed E-state index contributed by atoms with van der Waals surface area (Å²) in [6, 6.07) is 0.400. The zero-order chi connectivity index (χ0) is 8.27. The first-order valence-electron chi connectivity index (χ1n) is 3.96. The fraction of sp³-hybridized carbons (Fsp3) is 0.857. The molecule has 1 amide bonds. The van der Waals surface area contributed by atoms with E-state index in [2.05, 4.69) is 5.32 Å². The highest BCUT2D eigenvalue weighted by atomic mass is 16.1. The van der Waals surface area contributed by atoms with Crippen molar-refractivity contribution in [2.45, 2.75) is 25.3 Å². The highest BCUT2D eigenvalue weighted by Gasteiger charge is 2.27. The fourth-order valence-corrected chi connectivity index (χ4v) is 1.59. The first-order valence-corrected chi connectivity index (χ1v) is 3.96. The molecule has 5 N–H and O–H groups in total. The fourth-order valence-electron chi connectivity index (χ4n) is 1.59. The zero-order valence-corrected chi connectivity index (χ0v) is 6.55. The van der Waals surface area contributed by atoms with E-state index in [4.69, 9.17) is 11.5 Å². The summed E-state index contributed by atoms with van der Waals surface area (Å²) >= 11 is 0. The number of hydrogen-bond donors (Lipinski definition) is 3. The topological polar surface area (TPSA) is 81.1 Å². The van der Waals surface area contributed by atoms with Gasteiger partial charge in [0.25, 0.3) is 0 Å². The van der Waals surface area contributed by atoms with Crippen LogP contribution in [0.1, 0.15) is 19.3 Å². The van der Waals surface area contributed by atoms with Crippen molar-refractivity contribution in [2.24, 2.45) is 17.4 Å². The maximum atomic E-state index is 10.7. The number of carbonyl (C=O) groups excluding carboxylic acids is 1. The Labute approximate surface area is 66.3 Å². The Bertz CT molecular complexity index is 149. The van der Waals surface area contributed by atoms with Crippen molar-refractivity contribution < 1.29 is 4.79 Å². The summed E-state index contributed by atoms with van der Waals surface area (Å²) in [6.45, 7) is 0.482. The predicted molar refractivity (Wildman–Crippen MR) is 42.5 cm³/mol. The van der Waals surface area contributed by atoms with E-state index in [1.54, 1.807) is 0 Å². The van der Waals surface area contributed by atoms with E-state index in [0.29, 0.717) is 12.7 Å². The van der Waals surface area contributed by atoms with Crippen LogP contribution in [0.2, 0.25) is 0 Å². The van der Waals surface area contributed by atoms with E-state index in [-0.39, 0.29) is 11.8 Å². The molecule has 0 aliphatic heterocycles. The molecule has 0 heterocycles. The van der Waals surface area contributed by atoms with Gasteiger partial charge in [0.15, 0.2) is 0 Å². The number of primary amides is 1. The lowest BCUT2D eigenvalue weighted by atomic mass is 10.1. The van der Waals surface area contributed by atoms with Gasteiger partial charge in [-0.15, -0.1) is 0 Å². The van der Waals surface area contributed by atoms with Crippen LogP contribution < -0.4 is 16.8 Å². The van der Waals surface area contributed by atoms with Crippen LogP contribution in [0.15, 0.2) is 0 Å². The Kier molecular flexibility index (Phi) is 2.84. The second-order valence-corrected chi connectivity index (χ2v) is 3.02. The van der Waals surface area contributed by atoms with Crippen LogP contribution >= 0.6 is 0 Å². The lowest BCUT2D eigenvalue weighted by molar-refractivity contribution is -0.121. The average Bonchev–Trinajstić information content (AvgIpc) is 2.37. The van der Waals surface area contributed by atoms with Gasteiger partial charge >= 0.3 is 0 Å². The zero-order valence-electron chi connectivity index (χ0n) is 6.55. The van der Waals surface area contributed by atoms with Crippen LogP contribution in [0.5, 0.6) is 0 Å². The lowest BCUT2D eigenvalue weighted by Crippen LogP contribution is -2.32. The summed E-state index contributed by atoms with van der Waals surface area (Å²) in [5.41, 5.74) is 10.5. The number of hydrogen-bond acceptors (Lipinski definition) is 3. The van der Waals surface area contributed by atoms with Crippen LogP contribution in [-0.4, -0.2) is 18.6 Å². The Morgan fingerprint density at radius 3 is 2.73 bits per heavy atom. The van der Waals surface area contributed by atoms with Crippen molar-refractivity contribution in [3.8, 4) is 0 Å². The summed E-state index contributed by atoms with van der Waals surface area (Å²) in [5.74, 6) is -0.106. The van der Waals surface area contributed by atoms with E-state index in [1.165, 1.54) is 0 Å². The largest absolute Gasteiger partial charge is 0.369 e. The first kappa shape index (κ1) is 8.49. The monoisotopic (exact) mass is 157 g/mol. The lowest BCUT2D eigenvalue weighted by Gasteiger charge is -2.09. The molecule has 11 heavy (non-hydrogen) atoms. The predicted octanol–water partition coefficient (Wildman–Crippen LogP) is -0.854. The summed E-state index contributed by atoms with van der Waals surface area (Å²) in [7, 11) is 0. The van der Waals surface area contributed by atoms with E-state index < -0.39 is 0 Å². The van der Waals surface area contributed by atoms with E-state index in [0.717, 1.165) is 19.3 Å². The summed E-state index contributed by atoms with van der Waals surface area (Å²) in [5, 5.41) is 3.10. The molecule has 4 heteroatoms. The quantitative estimate of drug-likeness (QED) is 0.466. The highest BCUT2D eigenvalue weighted by Crippen LogP contribution is 2.24. The molecule has 1 unspecified atom stereocenters. The van der Waals surface area contributed by atoms with Gasteiger partial charge < -0.3 is 16.8 Å². The molecule has 0 bridgehead atoms. The molecule has 64 valence electrons. The van der Waals surface area contributed by atoms with E-state index >= 15 is 0 Å². The Morgan fingerprint density at radius 2 is 2.27 bits per heavy atom. The van der Waals surface area contributed by atoms with Gasteiger partial charge in [0.2, 0.25) is 5.91 Å². The molecule has 0 spiro atoms. The van der Waals surface area contributed by atoms with Crippen molar-refractivity contribution in [1.82, 2.24) is 5.32 Å². The number of nitrogens with two attached hydrogens (primary N) is 2. The van der Waals surface area contributed by atoms with Crippen molar-refractivity contribution in [3.05, 3.63) is 0 Å². The normalized spacial score (nSPS) is 30.6. The molecular weight excluding hydrogens is 142 g/mol. The van der Waals surface area contributed by atoms with E-state index in [9.17, 15) is 4.79 Å². The van der Waals surface area contributed by atoms with Gasteiger partial charge in [0.1, 0.15) is 0 Å². The molecule has 1 aliphatic carbocycles. The molecule has 1 fully saturated rings. The average molecular weight is 157 g/mol. The van der Waals surface area contributed by atoms with Gasteiger partial charge in [-0.2, -0.15) is 0 Å². The van der Waals surface area contributed by atoms with Crippen molar-refractivity contribution in [2.75, 3.05) is 6.67 Å². The van der Waals surface area contributed by atoms with E-state index in [1.807, 2.05) is 0 Å². The Balaban J connectivity index is 2.29. The molecule has 0 aromatic carbocycles. The van der Waals surface area contributed by atoms with Crippen LogP contribution in [0.3, 0.4) is 0 Å².